The van der Waals surface area contributed by atoms with Crippen LogP contribution in [-0.4, -0.2) is 21.4 Å². The summed E-state index contributed by atoms with van der Waals surface area (Å²) >= 11 is 6.54. The third-order valence-electron chi connectivity index (χ3n) is 2.34. The zero-order valence-electron chi connectivity index (χ0n) is 9.68. The molecule has 0 radical (unpaired) electrons. The minimum atomic E-state index is -1.01. The number of benzene rings is 1. The van der Waals surface area contributed by atoms with E-state index in [9.17, 15) is 4.79 Å². The van der Waals surface area contributed by atoms with Crippen molar-refractivity contribution in [1.29, 1.82) is 0 Å². The third-order valence-corrected chi connectivity index (χ3v) is 3.52. The number of nitrogens with zero attached hydrogens (tertiary/aromatic N) is 2. The van der Waals surface area contributed by atoms with E-state index in [1.807, 2.05) is 0 Å². The molecule has 0 saturated heterocycles. The Labute approximate surface area is 125 Å². The second-order valence-electron chi connectivity index (χ2n) is 3.66. The fraction of sp³-hybridized carbons (Fsp3) is 0.182. The summed E-state index contributed by atoms with van der Waals surface area (Å²) < 4.78 is 11.2. The van der Waals surface area contributed by atoms with Crippen LogP contribution in [0.2, 0.25) is 0 Å². The summed E-state index contributed by atoms with van der Waals surface area (Å²) in [4.78, 5) is 10.9. The highest BCUT2D eigenvalue weighted by atomic mass is 79.9. The summed E-state index contributed by atoms with van der Waals surface area (Å²) in [6.45, 7) is 1.94. The van der Waals surface area contributed by atoms with Gasteiger partial charge in [-0.2, -0.15) is 0 Å². The lowest BCUT2D eigenvalue weighted by Crippen LogP contribution is -2.01. The Morgan fingerprint density at radius 3 is 2.47 bits per heavy atom. The van der Waals surface area contributed by atoms with Crippen LogP contribution in [0.25, 0.3) is 0 Å². The first-order valence-electron chi connectivity index (χ1n) is 5.12. The van der Waals surface area contributed by atoms with Gasteiger partial charge in [-0.25, -0.2) is 9.42 Å². The molecule has 0 spiro atoms. The number of hydrogen-bond acceptors (Lipinski definition) is 5. The van der Waals surface area contributed by atoms with Crippen LogP contribution in [0.15, 0.2) is 25.7 Å². The van der Waals surface area contributed by atoms with Crippen molar-refractivity contribution in [3.8, 4) is 5.75 Å². The number of carboxylic acid groups (broad SMARTS) is 1. The summed E-state index contributed by atoms with van der Waals surface area (Å²) in [5, 5.41) is 16.3. The molecule has 2 aromatic rings. The molecule has 0 atom stereocenters. The Kier molecular flexibility index (Phi) is 4.20. The summed E-state index contributed by atoms with van der Waals surface area (Å²) in [6, 6.07) is 2.94. The lowest BCUT2D eigenvalue weighted by molar-refractivity contribution is 0.0696. The predicted molar refractivity (Wildman–Crippen MR) is 72.2 cm³/mol. The van der Waals surface area contributed by atoms with Crippen LogP contribution in [0, 0.1) is 6.92 Å². The van der Waals surface area contributed by atoms with Crippen LogP contribution in [-0.2, 0) is 6.61 Å². The minimum absolute atomic E-state index is 0.158. The lowest BCUT2D eigenvalue weighted by Gasteiger charge is -2.10. The molecule has 6 nitrogen and oxygen atoms in total. The normalized spacial score (nSPS) is 10.5. The Balaban J connectivity index is 2.21. The van der Waals surface area contributed by atoms with Crippen LogP contribution in [0.3, 0.4) is 0 Å². The molecule has 0 bridgehead atoms. The van der Waals surface area contributed by atoms with Crippen molar-refractivity contribution in [2.75, 3.05) is 0 Å². The topological polar surface area (TPSA) is 85.5 Å². The number of hydrogen-bond donors (Lipinski definition) is 1. The van der Waals surface area contributed by atoms with Gasteiger partial charge in [0.05, 0.1) is 14.5 Å². The summed E-state index contributed by atoms with van der Waals surface area (Å²) in [5.41, 5.74) is 1.39. The third kappa shape index (κ3) is 3.13. The maximum absolute atomic E-state index is 10.9. The van der Waals surface area contributed by atoms with Crippen molar-refractivity contribution >= 4 is 37.8 Å². The van der Waals surface area contributed by atoms with Crippen molar-refractivity contribution in [2.45, 2.75) is 13.5 Å². The summed E-state index contributed by atoms with van der Waals surface area (Å²) in [7, 11) is 0. The van der Waals surface area contributed by atoms with Crippen molar-refractivity contribution in [3.05, 3.63) is 38.0 Å². The van der Waals surface area contributed by atoms with E-state index in [1.54, 1.807) is 6.92 Å². The van der Waals surface area contributed by atoms with Gasteiger partial charge in [0, 0.05) is 0 Å². The molecule has 0 unspecified atom stereocenters. The summed E-state index contributed by atoms with van der Waals surface area (Å²) in [5.74, 6) is -0.517. The van der Waals surface area contributed by atoms with E-state index in [4.69, 9.17) is 9.84 Å². The fourth-order valence-corrected chi connectivity index (χ4v) is 2.76. The largest absolute Gasteiger partial charge is 0.485 e. The molecule has 0 aliphatic carbocycles. The number of halogens is 2. The van der Waals surface area contributed by atoms with E-state index in [0.29, 0.717) is 26.1 Å². The van der Waals surface area contributed by atoms with Crippen LogP contribution in [0.4, 0.5) is 0 Å². The number of aromatic nitrogens is 2. The van der Waals surface area contributed by atoms with E-state index >= 15 is 0 Å². The number of aryl methyl sites for hydroxylation is 1. The molecule has 0 fully saturated rings. The number of carboxylic acids is 1. The van der Waals surface area contributed by atoms with Gasteiger partial charge in [0.15, 0.2) is 0 Å². The Bertz CT molecular complexity index is 604. The van der Waals surface area contributed by atoms with Crippen molar-refractivity contribution in [1.82, 2.24) is 10.3 Å². The van der Waals surface area contributed by atoms with Crippen LogP contribution in [0.5, 0.6) is 5.75 Å². The second-order valence-corrected chi connectivity index (χ2v) is 5.37. The van der Waals surface area contributed by atoms with Gasteiger partial charge >= 0.3 is 5.97 Å². The molecule has 0 amide bonds. The van der Waals surface area contributed by atoms with Crippen molar-refractivity contribution in [2.24, 2.45) is 0 Å². The quantitative estimate of drug-likeness (QED) is 0.861. The maximum Gasteiger partial charge on any atom is 0.335 e. The van der Waals surface area contributed by atoms with E-state index in [-0.39, 0.29) is 12.2 Å². The molecule has 8 heteroatoms. The van der Waals surface area contributed by atoms with Crippen LogP contribution in [0.1, 0.15) is 21.7 Å². The monoisotopic (exact) mass is 390 g/mol. The number of carbonyl (C=O) groups is 1. The van der Waals surface area contributed by atoms with E-state index < -0.39 is 5.97 Å². The van der Waals surface area contributed by atoms with E-state index in [0.717, 1.165) is 0 Å². The maximum atomic E-state index is 10.9. The first kappa shape index (κ1) is 14.0. The standard InChI is InChI=1S/C11H8Br2N2O4/c1-5-9(15-19-14-5)4-18-10-7(12)2-6(11(16)17)3-8(10)13/h2-3H,4H2,1H3,(H,16,17). The molecule has 1 N–H and O–H groups in total. The van der Waals surface area contributed by atoms with Crippen LogP contribution < -0.4 is 4.74 Å². The Morgan fingerprint density at radius 1 is 1.37 bits per heavy atom. The zero-order chi connectivity index (χ0) is 14.0. The van der Waals surface area contributed by atoms with Crippen LogP contribution >= 0.6 is 31.9 Å². The Hall–Kier alpha value is -1.41. The first-order valence-corrected chi connectivity index (χ1v) is 6.71. The SMILES string of the molecule is Cc1nonc1COc1c(Br)cc(C(=O)O)cc1Br. The van der Waals surface area contributed by atoms with E-state index in [2.05, 4.69) is 46.8 Å². The molecule has 0 saturated carbocycles. The molecule has 2 rings (SSSR count). The molecular weight excluding hydrogens is 384 g/mol. The summed E-state index contributed by atoms with van der Waals surface area (Å²) in [6.07, 6.45) is 0. The van der Waals surface area contributed by atoms with Gasteiger partial charge in [0.1, 0.15) is 23.7 Å². The molecule has 1 heterocycles. The molecule has 1 aromatic heterocycles. The van der Waals surface area contributed by atoms with Gasteiger partial charge in [-0.1, -0.05) is 10.3 Å². The molecule has 1 aromatic carbocycles. The average Bonchev–Trinajstić information content (AvgIpc) is 2.73. The molecule has 19 heavy (non-hydrogen) atoms. The number of aromatic carboxylic acids is 1. The highest BCUT2D eigenvalue weighted by Crippen LogP contribution is 2.35. The van der Waals surface area contributed by atoms with Gasteiger partial charge in [-0.05, 0) is 50.9 Å². The van der Waals surface area contributed by atoms with Gasteiger partial charge < -0.3 is 9.84 Å². The van der Waals surface area contributed by atoms with Gasteiger partial charge in [-0.15, -0.1) is 0 Å². The minimum Gasteiger partial charge on any atom is -0.485 e. The zero-order valence-corrected chi connectivity index (χ0v) is 12.9. The highest BCUT2D eigenvalue weighted by molar-refractivity contribution is 9.11. The lowest BCUT2D eigenvalue weighted by atomic mass is 10.2. The Morgan fingerprint density at radius 2 is 2.00 bits per heavy atom. The first-order chi connectivity index (χ1) is 8.99. The second kappa shape index (κ2) is 5.70. The van der Waals surface area contributed by atoms with Crippen molar-refractivity contribution in [3.63, 3.8) is 0 Å². The average molecular weight is 392 g/mol. The molecule has 0 aliphatic rings. The molecular formula is C11H8Br2N2O4. The fourth-order valence-electron chi connectivity index (χ4n) is 1.34. The molecule has 100 valence electrons. The number of ether oxygens (including phenoxy) is 1. The van der Waals surface area contributed by atoms with E-state index in [1.165, 1.54) is 12.1 Å². The number of rotatable bonds is 4. The highest BCUT2D eigenvalue weighted by Gasteiger charge is 2.14. The van der Waals surface area contributed by atoms with Gasteiger partial charge in [-0.3, -0.25) is 0 Å². The predicted octanol–water partition coefficient (Wildman–Crippen LogP) is 3.18. The van der Waals surface area contributed by atoms with Crippen molar-refractivity contribution < 1.29 is 19.3 Å². The van der Waals surface area contributed by atoms with Gasteiger partial charge in [0.2, 0.25) is 0 Å². The van der Waals surface area contributed by atoms with Gasteiger partial charge in [0.25, 0.3) is 0 Å². The molecule has 0 aliphatic heterocycles. The smallest absolute Gasteiger partial charge is 0.335 e.